The van der Waals surface area contributed by atoms with E-state index in [1.165, 1.54) is 28.2 Å². The van der Waals surface area contributed by atoms with Crippen LogP contribution in [0.1, 0.15) is 24.0 Å². The monoisotopic (exact) mass is 925 g/mol. The molecule has 52 heavy (non-hydrogen) atoms. The number of furan rings is 1. The molecule has 0 bridgehead atoms. The third kappa shape index (κ3) is 7.85. The van der Waals surface area contributed by atoms with Gasteiger partial charge in [0.25, 0.3) is 0 Å². The molecule has 0 saturated heterocycles. The van der Waals surface area contributed by atoms with E-state index < -0.39 is 24.9 Å². The first-order valence-electron chi connectivity index (χ1n) is 16.9. The van der Waals surface area contributed by atoms with Crippen LogP contribution < -0.4 is 4.40 Å². The minimum Gasteiger partial charge on any atom is 0 e. The minimum absolute atomic E-state index is 0. The summed E-state index contributed by atoms with van der Waals surface area (Å²) < 4.78 is 36.7. The van der Waals surface area contributed by atoms with Gasteiger partial charge in [0.05, 0.1) is 11.1 Å². The Morgan fingerprint density at radius 1 is 0.673 bits per heavy atom. The fourth-order valence-corrected chi connectivity index (χ4v) is 8.39. The second kappa shape index (κ2) is 15.9. The molecule has 0 aliphatic heterocycles. The van der Waals surface area contributed by atoms with Crippen LogP contribution in [0.3, 0.4) is 0 Å². The number of rotatable bonds is 6. The van der Waals surface area contributed by atoms with Crippen LogP contribution in [0.4, 0.5) is 8.78 Å². The first-order valence-corrected chi connectivity index (χ1v) is 24.3. The Hall–Kier alpha value is -4.75. The van der Waals surface area contributed by atoms with E-state index in [1.807, 2.05) is 66.9 Å². The quantitative estimate of drug-likeness (QED) is 0.123. The zero-order valence-corrected chi connectivity index (χ0v) is 33.7. The van der Waals surface area contributed by atoms with Crippen LogP contribution in [0, 0.1) is 23.8 Å². The summed E-state index contributed by atoms with van der Waals surface area (Å²) in [5.74, 6) is 6.13. The molecule has 8 rings (SSSR count). The van der Waals surface area contributed by atoms with Gasteiger partial charge in [0.15, 0.2) is 0 Å². The maximum atomic E-state index is 14.6. The predicted molar refractivity (Wildman–Crippen MR) is 207 cm³/mol. The van der Waals surface area contributed by atoms with E-state index in [4.69, 9.17) is 4.42 Å². The topological polar surface area (TPSA) is 38.9 Å². The van der Waals surface area contributed by atoms with Crippen molar-refractivity contribution in [1.29, 1.82) is 0 Å². The Morgan fingerprint density at radius 3 is 2.12 bits per heavy atom. The third-order valence-electron chi connectivity index (χ3n) is 9.13. The zero-order valence-electron chi connectivity index (χ0n) is 29.2. The minimum atomic E-state index is -1.72. The van der Waals surface area contributed by atoms with Crippen molar-refractivity contribution in [2.24, 2.45) is 0 Å². The maximum Gasteiger partial charge on any atom is 0 e. The van der Waals surface area contributed by atoms with Gasteiger partial charge in [-0.3, -0.25) is 0 Å². The van der Waals surface area contributed by atoms with Crippen LogP contribution in [-0.4, -0.2) is 23.2 Å². The molecule has 0 spiro atoms. The molecule has 3 heterocycles. The summed E-state index contributed by atoms with van der Waals surface area (Å²) in [6, 6.07) is 46.1. The summed E-state index contributed by atoms with van der Waals surface area (Å²) in [5.41, 5.74) is 7.60. The molecular weight excluding hydrogens is 887 g/mol. The number of benzene rings is 5. The normalized spacial score (nSPS) is 11.8. The molecule has 0 aliphatic carbocycles. The summed E-state index contributed by atoms with van der Waals surface area (Å²) in [6.07, 6.45) is 3.84. The standard InChI is InChI=1S/C31H20F2NO.C14H16GeN.Ir/c1-19(20-7-3-2-4-8-20)21-15-16-34-27(17-21)22-13-14-23-29(18-22)35-28-12-5-9-24(30(23)28)31-25(32)10-6-11-26(31)33;1-15(2,3)13-9-10-14(16-11-13)12-7-5-4-6-8-12;/h2-12,14-19H,1H3;4-7,9-11H,1-3H3;/q2*-1;. The smallest absolute Gasteiger partial charge is 0 e. The van der Waals surface area contributed by atoms with Crippen LogP contribution >= 0.6 is 0 Å². The van der Waals surface area contributed by atoms with E-state index in [-0.39, 0.29) is 31.6 Å². The Labute approximate surface area is 319 Å². The summed E-state index contributed by atoms with van der Waals surface area (Å²) >= 11 is -1.72. The Bertz CT molecular complexity index is 2420. The van der Waals surface area contributed by atoms with Gasteiger partial charge in [-0.15, -0.1) is 17.7 Å². The van der Waals surface area contributed by atoms with Crippen LogP contribution in [0.15, 0.2) is 144 Å². The molecule has 0 amide bonds. The van der Waals surface area contributed by atoms with Gasteiger partial charge >= 0.3 is 99.8 Å². The SMILES string of the molecule is CC(c1ccccc1)c1ccnc(-c2[c-]cc3c(c2)oc2cccc(-c4c(F)cccc4F)c23)c1.[CH3][Ge]([CH3])([CH3])[c]1ccc(-c2[c-]cccc2)nc1.[Ir]. The fraction of sp³-hybridized carbons (Fsp3) is 0.111. The van der Waals surface area contributed by atoms with Crippen LogP contribution in [0.25, 0.3) is 55.6 Å². The average molecular weight is 924 g/mol. The molecule has 8 aromatic rings. The Balaban J connectivity index is 0.000000230. The van der Waals surface area contributed by atoms with Gasteiger partial charge in [-0.2, -0.15) is 0 Å². The third-order valence-corrected chi connectivity index (χ3v) is 13.4. The van der Waals surface area contributed by atoms with Crippen molar-refractivity contribution in [2.75, 3.05) is 0 Å². The number of halogens is 2. The van der Waals surface area contributed by atoms with Crippen molar-refractivity contribution >= 4 is 39.6 Å². The molecule has 1 atom stereocenters. The number of nitrogens with zero attached hydrogens (tertiary/aromatic N) is 2. The van der Waals surface area contributed by atoms with E-state index in [2.05, 4.69) is 76.6 Å². The molecule has 0 saturated carbocycles. The largest absolute Gasteiger partial charge is 0 e. The van der Waals surface area contributed by atoms with Crippen LogP contribution in [-0.2, 0) is 20.1 Å². The van der Waals surface area contributed by atoms with E-state index >= 15 is 0 Å². The molecule has 3 aromatic heterocycles. The van der Waals surface area contributed by atoms with Crippen LogP contribution in [0.2, 0.25) is 17.3 Å². The first kappa shape index (κ1) is 37.0. The van der Waals surface area contributed by atoms with Crippen molar-refractivity contribution in [2.45, 2.75) is 30.1 Å². The molecule has 7 heteroatoms. The summed E-state index contributed by atoms with van der Waals surface area (Å²) in [4.78, 5) is 9.09. The van der Waals surface area contributed by atoms with Crippen molar-refractivity contribution in [1.82, 2.24) is 9.97 Å². The zero-order chi connectivity index (χ0) is 35.5. The second-order valence-corrected chi connectivity index (χ2v) is 24.2. The molecule has 261 valence electrons. The summed E-state index contributed by atoms with van der Waals surface area (Å²) in [6.45, 7) is 2.17. The van der Waals surface area contributed by atoms with Crippen molar-refractivity contribution in [3.8, 4) is 33.6 Å². The molecule has 5 aromatic carbocycles. The molecule has 0 aliphatic rings. The van der Waals surface area contributed by atoms with Gasteiger partial charge in [0.2, 0.25) is 0 Å². The molecular formula is C45H36F2GeIrN2O-2. The van der Waals surface area contributed by atoms with E-state index in [1.54, 1.807) is 24.4 Å². The van der Waals surface area contributed by atoms with E-state index in [9.17, 15) is 8.78 Å². The maximum absolute atomic E-state index is 14.6. The molecule has 0 fully saturated rings. The van der Waals surface area contributed by atoms with Gasteiger partial charge < -0.3 is 9.40 Å². The first-order chi connectivity index (χ1) is 24.7. The summed E-state index contributed by atoms with van der Waals surface area (Å²) in [5, 5.41) is 1.41. The predicted octanol–water partition coefficient (Wildman–Crippen LogP) is 11.6. The van der Waals surface area contributed by atoms with Crippen molar-refractivity contribution in [3.05, 3.63) is 175 Å². The molecule has 0 N–H and O–H groups in total. The number of hydrogen-bond acceptors (Lipinski definition) is 3. The van der Waals surface area contributed by atoms with Gasteiger partial charge in [-0.05, 0) is 52.0 Å². The number of fused-ring (bicyclic) bond motifs is 3. The van der Waals surface area contributed by atoms with Gasteiger partial charge in [0.1, 0.15) is 17.2 Å². The average Bonchev–Trinajstić information content (AvgIpc) is 3.54. The van der Waals surface area contributed by atoms with Gasteiger partial charge in [0, 0.05) is 32.2 Å². The Kier molecular flexibility index (Phi) is 11.3. The van der Waals surface area contributed by atoms with E-state index in [0.29, 0.717) is 22.1 Å². The molecule has 3 nitrogen and oxygen atoms in total. The fourth-order valence-electron chi connectivity index (χ4n) is 6.22. The Morgan fingerprint density at radius 2 is 1.42 bits per heavy atom. The van der Waals surface area contributed by atoms with Gasteiger partial charge in [-0.25, -0.2) is 8.78 Å². The van der Waals surface area contributed by atoms with Crippen molar-refractivity contribution < 1.29 is 33.3 Å². The second-order valence-electron chi connectivity index (χ2n) is 13.6. The van der Waals surface area contributed by atoms with Crippen LogP contribution in [0.5, 0.6) is 0 Å². The van der Waals surface area contributed by atoms with E-state index in [0.717, 1.165) is 33.5 Å². The molecule has 1 radical (unpaired) electrons. The summed E-state index contributed by atoms with van der Waals surface area (Å²) in [7, 11) is 0. The van der Waals surface area contributed by atoms with Gasteiger partial charge in [-0.1, -0.05) is 73.0 Å². The number of hydrogen-bond donors (Lipinski definition) is 0. The number of aromatic nitrogens is 2. The van der Waals surface area contributed by atoms with Crippen molar-refractivity contribution in [3.63, 3.8) is 0 Å². The molecule has 1 unspecified atom stereocenters. The number of pyridine rings is 2.